The summed E-state index contributed by atoms with van der Waals surface area (Å²) in [6, 6.07) is 4.16. The summed E-state index contributed by atoms with van der Waals surface area (Å²) in [5.74, 6) is 0.972. The largest absolute Gasteiger partial charge is 0.398 e. The van der Waals surface area contributed by atoms with Crippen LogP contribution in [0.4, 0.5) is 10.1 Å². The van der Waals surface area contributed by atoms with Gasteiger partial charge in [-0.3, -0.25) is 0 Å². The van der Waals surface area contributed by atoms with Crippen molar-refractivity contribution < 1.29 is 8.91 Å². The zero-order chi connectivity index (χ0) is 15.0. The zero-order valence-electron chi connectivity index (χ0n) is 12.4. The van der Waals surface area contributed by atoms with Crippen molar-refractivity contribution in [3.8, 4) is 11.5 Å². The summed E-state index contributed by atoms with van der Waals surface area (Å²) in [7, 11) is 0. The first-order valence-electron chi connectivity index (χ1n) is 7.34. The minimum absolute atomic E-state index is 0.298. The Bertz CT molecular complexity index is 641. The Morgan fingerprint density at radius 2 is 2.00 bits per heavy atom. The Morgan fingerprint density at radius 3 is 2.71 bits per heavy atom. The number of halogens is 1. The minimum atomic E-state index is -0.363. The van der Waals surface area contributed by atoms with Crippen molar-refractivity contribution in [1.82, 2.24) is 10.1 Å². The van der Waals surface area contributed by atoms with Crippen molar-refractivity contribution in [2.75, 3.05) is 5.73 Å². The van der Waals surface area contributed by atoms with Gasteiger partial charge >= 0.3 is 0 Å². The second-order valence-electron chi connectivity index (χ2n) is 6.63. The molecule has 2 N–H and O–H groups in total. The van der Waals surface area contributed by atoms with E-state index in [0.717, 1.165) is 25.7 Å². The summed E-state index contributed by atoms with van der Waals surface area (Å²) in [4.78, 5) is 4.43. The van der Waals surface area contributed by atoms with Crippen molar-refractivity contribution in [1.29, 1.82) is 0 Å². The predicted molar refractivity (Wildman–Crippen MR) is 79.1 cm³/mol. The summed E-state index contributed by atoms with van der Waals surface area (Å²) in [5, 5.41) is 4.07. The average molecular weight is 289 g/mol. The van der Waals surface area contributed by atoms with Gasteiger partial charge in [-0.15, -0.1) is 0 Å². The monoisotopic (exact) mass is 289 g/mol. The van der Waals surface area contributed by atoms with Gasteiger partial charge in [0.1, 0.15) is 5.82 Å². The number of hydrogen-bond donors (Lipinski definition) is 1. The van der Waals surface area contributed by atoms with Gasteiger partial charge in [0.15, 0.2) is 5.82 Å². The Morgan fingerprint density at radius 1 is 1.29 bits per heavy atom. The first kappa shape index (κ1) is 14.0. The van der Waals surface area contributed by atoms with Crippen molar-refractivity contribution in [3.05, 3.63) is 29.8 Å². The highest BCUT2D eigenvalue weighted by Crippen LogP contribution is 2.42. The number of nitrogens with zero attached hydrogens (tertiary/aromatic N) is 2. The highest BCUT2D eigenvalue weighted by atomic mass is 19.1. The molecule has 21 heavy (non-hydrogen) atoms. The molecular weight excluding hydrogens is 269 g/mol. The van der Waals surface area contributed by atoms with Gasteiger partial charge in [-0.1, -0.05) is 19.0 Å². The fourth-order valence-corrected chi connectivity index (χ4v) is 2.88. The first-order valence-corrected chi connectivity index (χ1v) is 7.34. The second kappa shape index (κ2) is 5.13. The maximum absolute atomic E-state index is 13.3. The third-order valence-corrected chi connectivity index (χ3v) is 4.39. The maximum atomic E-state index is 13.3. The molecular formula is C16H20FN3O. The van der Waals surface area contributed by atoms with E-state index in [-0.39, 0.29) is 5.82 Å². The predicted octanol–water partition coefficient (Wildman–Crippen LogP) is 4.14. The van der Waals surface area contributed by atoms with Crippen LogP contribution >= 0.6 is 0 Å². The van der Waals surface area contributed by atoms with Gasteiger partial charge in [0.2, 0.25) is 0 Å². The van der Waals surface area contributed by atoms with E-state index in [1.54, 1.807) is 0 Å². The van der Waals surface area contributed by atoms with E-state index < -0.39 is 0 Å². The van der Waals surface area contributed by atoms with Crippen LogP contribution in [0.15, 0.2) is 22.7 Å². The molecule has 2 aromatic rings. The lowest BCUT2D eigenvalue weighted by Crippen LogP contribution is -2.20. The molecule has 0 saturated heterocycles. The molecule has 0 amide bonds. The number of anilines is 1. The number of aromatic nitrogens is 2. The molecule has 4 nitrogen and oxygen atoms in total. The molecule has 1 aromatic carbocycles. The van der Waals surface area contributed by atoms with Crippen LogP contribution in [-0.2, 0) is 0 Å². The molecule has 0 unspecified atom stereocenters. The van der Waals surface area contributed by atoms with Crippen LogP contribution in [0, 0.1) is 11.2 Å². The lowest BCUT2D eigenvalue weighted by atomic mass is 9.73. The smallest absolute Gasteiger partial charge is 0.260 e. The van der Waals surface area contributed by atoms with Crippen LogP contribution in [0.5, 0.6) is 0 Å². The SMILES string of the molecule is CC1(C)CCC(c2noc(-c3cc(F)ccc3N)n2)CC1. The van der Waals surface area contributed by atoms with Crippen molar-refractivity contribution in [2.24, 2.45) is 5.41 Å². The highest BCUT2D eigenvalue weighted by Gasteiger charge is 2.30. The summed E-state index contributed by atoms with van der Waals surface area (Å²) in [6.45, 7) is 4.58. The molecule has 0 aliphatic heterocycles. The third kappa shape index (κ3) is 2.91. The van der Waals surface area contributed by atoms with Crippen LogP contribution in [0.1, 0.15) is 51.3 Å². The summed E-state index contributed by atoms with van der Waals surface area (Å²) >= 11 is 0. The maximum Gasteiger partial charge on any atom is 0.260 e. The van der Waals surface area contributed by atoms with E-state index in [1.807, 2.05) is 0 Å². The molecule has 0 spiro atoms. The van der Waals surface area contributed by atoms with Crippen molar-refractivity contribution in [2.45, 2.75) is 45.4 Å². The highest BCUT2D eigenvalue weighted by molar-refractivity contribution is 5.70. The molecule has 3 rings (SSSR count). The molecule has 112 valence electrons. The van der Waals surface area contributed by atoms with Gasteiger partial charge in [-0.2, -0.15) is 4.98 Å². The normalized spacial score (nSPS) is 18.8. The fraction of sp³-hybridized carbons (Fsp3) is 0.500. The Labute approximate surface area is 123 Å². The van der Waals surface area contributed by atoms with Crippen LogP contribution in [-0.4, -0.2) is 10.1 Å². The molecule has 0 radical (unpaired) electrons. The molecule has 5 heteroatoms. The minimum Gasteiger partial charge on any atom is -0.398 e. The summed E-state index contributed by atoms with van der Waals surface area (Å²) in [5.41, 5.74) is 7.15. The molecule has 1 aromatic heterocycles. The topological polar surface area (TPSA) is 64.9 Å². The molecule has 1 fully saturated rings. The van der Waals surface area contributed by atoms with E-state index in [2.05, 4.69) is 24.0 Å². The Balaban J connectivity index is 1.82. The Hall–Kier alpha value is -1.91. The standard InChI is InChI=1S/C16H20FN3O/c1-16(2)7-5-10(6-8-16)14-19-15(21-20-14)12-9-11(17)3-4-13(12)18/h3-4,9-10H,5-8,18H2,1-2H3. The Kier molecular flexibility index (Phi) is 3.43. The van der Waals surface area contributed by atoms with E-state index in [4.69, 9.17) is 10.3 Å². The van der Waals surface area contributed by atoms with Gasteiger partial charge in [-0.05, 0) is 49.3 Å². The van der Waals surface area contributed by atoms with Crippen LogP contribution in [0.3, 0.4) is 0 Å². The molecule has 1 aliphatic rings. The van der Waals surface area contributed by atoms with Crippen molar-refractivity contribution >= 4 is 5.69 Å². The van der Waals surface area contributed by atoms with Crippen LogP contribution < -0.4 is 5.73 Å². The lowest BCUT2D eigenvalue weighted by Gasteiger charge is -2.32. The quantitative estimate of drug-likeness (QED) is 0.844. The van der Waals surface area contributed by atoms with Gasteiger partial charge in [0.25, 0.3) is 5.89 Å². The molecule has 0 bridgehead atoms. The van der Waals surface area contributed by atoms with Gasteiger partial charge in [-0.25, -0.2) is 4.39 Å². The molecule has 0 atom stereocenters. The third-order valence-electron chi connectivity index (χ3n) is 4.39. The van der Waals surface area contributed by atoms with E-state index >= 15 is 0 Å². The number of rotatable bonds is 2. The van der Waals surface area contributed by atoms with Crippen molar-refractivity contribution in [3.63, 3.8) is 0 Å². The van der Waals surface area contributed by atoms with Gasteiger partial charge in [0, 0.05) is 11.6 Å². The average Bonchev–Trinajstić information content (AvgIpc) is 2.91. The fourth-order valence-electron chi connectivity index (χ4n) is 2.88. The second-order valence-corrected chi connectivity index (χ2v) is 6.63. The lowest BCUT2D eigenvalue weighted by molar-refractivity contribution is 0.218. The van der Waals surface area contributed by atoms with E-state index in [9.17, 15) is 4.39 Å². The van der Waals surface area contributed by atoms with E-state index in [0.29, 0.717) is 34.3 Å². The number of nitrogens with two attached hydrogens (primary N) is 1. The molecule has 1 heterocycles. The van der Waals surface area contributed by atoms with E-state index in [1.165, 1.54) is 18.2 Å². The molecule has 1 saturated carbocycles. The van der Waals surface area contributed by atoms with Gasteiger partial charge < -0.3 is 10.3 Å². The number of benzene rings is 1. The van der Waals surface area contributed by atoms with Gasteiger partial charge in [0.05, 0.1) is 5.56 Å². The number of hydrogen-bond acceptors (Lipinski definition) is 4. The zero-order valence-corrected chi connectivity index (χ0v) is 12.4. The van der Waals surface area contributed by atoms with Crippen LogP contribution in [0.2, 0.25) is 0 Å². The number of nitrogen functional groups attached to an aromatic ring is 1. The summed E-state index contributed by atoms with van der Waals surface area (Å²) < 4.78 is 18.6. The van der Waals surface area contributed by atoms with Crippen LogP contribution in [0.25, 0.3) is 11.5 Å². The first-order chi connectivity index (χ1) is 9.94. The molecule has 1 aliphatic carbocycles. The summed E-state index contributed by atoms with van der Waals surface area (Å²) in [6.07, 6.45) is 4.43.